The van der Waals surface area contributed by atoms with E-state index in [-0.39, 0.29) is 37.2 Å². The summed E-state index contributed by atoms with van der Waals surface area (Å²) < 4.78 is 15.5. The zero-order valence-corrected chi connectivity index (χ0v) is 16.8. The molecule has 3 atom stereocenters. The van der Waals surface area contributed by atoms with E-state index in [1.807, 2.05) is 19.0 Å². The lowest BCUT2D eigenvalue weighted by atomic mass is 9.89. The first-order valence-electron chi connectivity index (χ1n) is 10.3. The Balaban J connectivity index is 1.60. The van der Waals surface area contributed by atoms with Crippen molar-refractivity contribution in [2.45, 2.75) is 63.2 Å². The van der Waals surface area contributed by atoms with E-state index >= 15 is 4.39 Å². The van der Waals surface area contributed by atoms with Crippen molar-refractivity contribution >= 4 is 23.4 Å². The van der Waals surface area contributed by atoms with Crippen molar-refractivity contribution in [1.29, 1.82) is 0 Å². The monoisotopic (exact) mass is 402 g/mol. The number of benzene rings is 1. The van der Waals surface area contributed by atoms with Crippen LogP contribution in [0.15, 0.2) is 12.1 Å². The maximum absolute atomic E-state index is 15.5. The molecule has 29 heavy (non-hydrogen) atoms. The Morgan fingerprint density at radius 1 is 1.17 bits per heavy atom. The Kier molecular flexibility index (Phi) is 5.29. The van der Waals surface area contributed by atoms with E-state index in [9.17, 15) is 14.4 Å². The highest BCUT2D eigenvalue weighted by atomic mass is 19.1. The fourth-order valence-electron chi connectivity index (χ4n) is 4.95. The van der Waals surface area contributed by atoms with Gasteiger partial charge in [-0.25, -0.2) is 4.39 Å². The smallest absolute Gasteiger partial charge is 0.255 e. The summed E-state index contributed by atoms with van der Waals surface area (Å²) in [7, 11) is 3.84. The van der Waals surface area contributed by atoms with Crippen LogP contribution in [0.2, 0.25) is 0 Å². The second-order valence-electron chi connectivity index (χ2n) is 8.18. The SMILES string of the molecule is CNC1CCCCC1N(C)c1ccc2c(c1F)CN(C1CCC(=O)NC1=O)C2=O. The van der Waals surface area contributed by atoms with Crippen LogP contribution in [0.1, 0.15) is 54.4 Å². The third-order valence-electron chi connectivity index (χ3n) is 6.61. The zero-order chi connectivity index (χ0) is 20.7. The number of nitrogens with zero attached hydrogens (tertiary/aromatic N) is 2. The van der Waals surface area contributed by atoms with Crippen LogP contribution in [-0.4, -0.2) is 54.8 Å². The molecule has 1 aromatic carbocycles. The van der Waals surface area contributed by atoms with E-state index in [4.69, 9.17) is 0 Å². The number of anilines is 1. The topological polar surface area (TPSA) is 81.8 Å². The number of hydrogen-bond donors (Lipinski definition) is 2. The molecule has 2 N–H and O–H groups in total. The van der Waals surface area contributed by atoms with Gasteiger partial charge in [-0.2, -0.15) is 0 Å². The number of rotatable bonds is 4. The van der Waals surface area contributed by atoms with Crippen molar-refractivity contribution < 1.29 is 18.8 Å². The molecular weight excluding hydrogens is 375 g/mol. The highest BCUT2D eigenvalue weighted by Crippen LogP contribution is 2.35. The van der Waals surface area contributed by atoms with Crippen molar-refractivity contribution in [3.05, 3.63) is 29.1 Å². The maximum Gasteiger partial charge on any atom is 0.255 e. The number of carbonyl (C=O) groups excluding carboxylic acids is 3. The predicted molar refractivity (Wildman–Crippen MR) is 106 cm³/mol. The minimum absolute atomic E-state index is 0.0497. The highest BCUT2D eigenvalue weighted by molar-refractivity contribution is 6.05. The van der Waals surface area contributed by atoms with Crippen molar-refractivity contribution in [2.75, 3.05) is 19.0 Å². The molecule has 1 aromatic rings. The van der Waals surface area contributed by atoms with Gasteiger partial charge in [-0.05, 0) is 38.4 Å². The molecule has 0 radical (unpaired) electrons. The largest absolute Gasteiger partial charge is 0.368 e. The van der Waals surface area contributed by atoms with E-state index in [1.165, 1.54) is 4.90 Å². The first-order chi connectivity index (χ1) is 13.9. The number of hydrogen-bond acceptors (Lipinski definition) is 5. The second-order valence-corrected chi connectivity index (χ2v) is 8.18. The van der Waals surface area contributed by atoms with Gasteiger partial charge in [0.2, 0.25) is 11.8 Å². The first kappa shape index (κ1) is 19.8. The Labute approximate surface area is 169 Å². The number of likely N-dealkylation sites (N-methyl/N-ethyl adjacent to an activating group) is 2. The molecule has 2 aliphatic heterocycles. The molecule has 0 spiro atoms. The molecule has 0 aromatic heterocycles. The summed E-state index contributed by atoms with van der Waals surface area (Å²) in [4.78, 5) is 39.8. The van der Waals surface area contributed by atoms with Gasteiger partial charge < -0.3 is 15.1 Å². The van der Waals surface area contributed by atoms with Crippen LogP contribution in [0, 0.1) is 5.82 Å². The van der Waals surface area contributed by atoms with Gasteiger partial charge in [0.15, 0.2) is 5.82 Å². The van der Waals surface area contributed by atoms with E-state index in [2.05, 4.69) is 10.6 Å². The molecule has 7 nitrogen and oxygen atoms in total. The third kappa shape index (κ3) is 3.39. The summed E-state index contributed by atoms with van der Waals surface area (Å²) in [6, 6.07) is 3.07. The van der Waals surface area contributed by atoms with Crippen LogP contribution in [0.25, 0.3) is 0 Å². The number of fused-ring (bicyclic) bond motifs is 1. The number of carbonyl (C=O) groups is 3. The van der Waals surface area contributed by atoms with Crippen molar-refractivity contribution in [3.63, 3.8) is 0 Å². The summed E-state index contributed by atoms with van der Waals surface area (Å²) >= 11 is 0. The average Bonchev–Trinajstić information content (AvgIpc) is 3.05. The summed E-state index contributed by atoms with van der Waals surface area (Å²) in [6.45, 7) is 0.0497. The van der Waals surface area contributed by atoms with Crippen LogP contribution in [0.5, 0.6) is 0 Å². The molecule has 0 bridgehead atoms. The van der Waals surface area contributed by atoms with E-state index < -0.39 is 17.8 Å². The summed E-state index contributed by atoms with van der Waals surface area (Å²) in [6.07, 6.45) is 4.77. The minimum atomic E-state index is -0.736. The Morgan fingerprint density at radius 2 is 1.93 bits per heavy atom. The lowest BCUT2D eigenvalue weighted by Crippen LogP contribution is -2.52. The number of imide groups is 1. The van der Waals surface area contributed by atoms with Gasteiger partial charge >= 0.3 is 0 Å². The number of halogens is 1. The van der Waals surface area contributed by atoms with Crippen LogP contribution < -0.4 is 15.5 Å². The molecule has 1 saturated heterocycles. The van der Waals surface area contributed by atoms with Gasteiger partial charge in [0.25, 0.3) is 5.91 Å². The van der Waals surface area contributed by atoms with Gasteiger partial charge in [0, 0.05) is 36.7 Å². The summed E-state index contributed by atoms with van der Waals surface area (Å²) in [5.41, 5.74) is 1.12. The number of piperidine rings is 1. The fraction of sp³-hybridized carbons (Fsp3) is 0.571. The molecule has 2 heterocycles. The molecule has 8 heteroatoms. The predicted octanol–water partition coefficient (Wildman–Crippen LogP) is 1.55. The van der Waals surface area contributed by atoms with E-state index in [0.717, 1.165) is 25.7 Å². The van der Waals surface area contributed by atoms with Crippen molar-refractivity contribution in [1.82, 2.24) is 15.5 Å². The van der Waals surface area contributed by atoms with Crippen LogP contribution >= 0.6 is 0 Å². The molecule has 3 amide bonds. The fourth-order valence-corrected chi connectivity index (χ4v) is 4.95. The normalized spacial score (nSPS) is 27.1. The Hall–Kier alpha value is -2.48. The molecule has 1 saturated carbocycles. The average molecular weight is 402 g/mol. The van der Waals surface area contributed by atoms with Crippen LogP contribution in [-0.2, 0) is 16.1 Å². The van der Waals surface area contributed by atoms with E-state index in [0.29, 0.717) is 22.9 Å². The highest BCUT2D eigenvalue weighted by Gasteiger charge is 2.41. The zero-order valence-electron chi connectivity index (χ0n) is 16.8. The second kappa shape index (κ2) is 7.74. The van der Waals surface area contributed by atoms with Crippen LogP contribution in [0.3, 0.4) is 0 Å². The Bertz CT molecular complexity index is 859. The number of nitrogens with one attached hydrogen (secondary N) is 2. The summed E-state index contributed by atoms with van der Waals surface area (Å²) in [5.74, 6) is -1.57. The number of amides is 3. The third-order valence-corrected chi connectivity index (χ3v) is 6.61. The standard InChI is InChI=1S/C21H27FN4O3/c1-23-14-5-3-4-6-15(14)25(2)16-8-7-12-13(19(16)22)11-26(21(12)29)17-9-10-18(27)24-20(17)28/h7-8,14-15,17,23H,3-6,9-11H2,1-2H3,(H,24,27,28). The molecule has 156 valence electrons. The first-order valence-corrected chi connectivity index (χ1v) is 10.3. The van der Waals surface area contributed by atoms with Gasteiger partial charge in [-0.15, -0.1) is 0 Å². The lowest BCUT2D eigenvalue weighted by Gasteiger charge is -2.39. The molecule has 2 fully saturated rings. The molecular formula is C21H27FN4O3. The summed E-state index contributed by atoms with van der Waals surface area (Å²) in [5, 5.41) is 5.61. The van der Waals surface area contributed by atoms with Gasteiger partial charge in [-0.1, -0.05) is 12.8 Å². The quantitative estimate of drug-likeness (QED) is 0.747. The van der Waals surface area contributed by atoms with Gasteiger partial charge in [-0.3, -0.25) is 19.7 Å². The molecule has 4 rings (SSSR count). The van der Waals surface area contributed by atoms with Crippen molar-refractivity contribution in [3.8, 4) is 0 Å². The van der Waals surface area contributed by atoms with E-state index in [1.54, 1.807) is 12.1 Å². The lowest BCUT2D eigenvalue weighted by molar-refractivity contribution is -0.136. The minimum Gasteiger partial charge on any atom is -0.368 e. The molecule has 1 aliphatic carbocycles. The maximum atomic E-state index is 15.5. The molecule has 3 unspecified atom stereocenters. The van der Waals surface area contributed by atoms with Gasteiger partial charge in [0.1, 0.15) is 6.04 Å². The van der Waals surface area contributed by atoms with Crippen LogP contribution in [0.4, 0.5) is 10.1 Å². The Morgan fingerprint density at radius 3 is 2.66 bits per heavy atom. The van der Waals surface area contributed by atoms with Crippen molar-refractivity contribution in [2.24, 2.45) is 0 Å². The molecule has 3 aliphatic rings. The van der Waals surface area contributed by atoms with Gasteiger partial charge in [0.05, 0.1) is 12.2 Å².